The molecule has 0 unspecified atom stereocenters. The molecule has 1 amide bonds. The average molecular weight is 361 g/mol. The fourth-order valence-corrected chi connectivity index (χ4v) is 3.74. The van der Waals surface area contributed by atoms with Gasteiger partial charge in [-0.3, -0.25) is 4.79 Å². The van der Waals surface area contributed by atoms with E-state index < -0.39 is 0 Å². The van der Waals surface area contributed by atoms with Crippen molar-refractivity contribution in [3.63, 3.8) is 0 Å². The number of carbonyl (C=O) groups excluding carboxylic acids is 1. The number of nitrogens with zero attached hydrogens (tertiary/aromatic N) is 3. The number of rotatable bonds is 8. The van der Waals surface area contributed by atoms with Crippen molar-refractivity contribution < 1.29 is 4.79 Å². The number of thioether (sulfide) groups is 1. The molecule has 1 heterocycles. The first kappa shape index (κ1) is 19.5. The van der Waals surface area contributed by atoms with Crippen LogP contribution >= 0.6 is 11.8 Å². The standard InChI is InChI=1S/C19H28N4OS/c1-6-12-19(4,5)20-16(24)13-25-18-22-21-17(23(18)7-2)15-11-9-8-10-14(15)3/h8-11H,6-7,12-13H2,1-5H3,(H,20,24). The summed E-state index contributed by atoms with van der Waals surface area (Å²) in [5.74, 6) is 1.24. The molecule has 0 aliphatic heterocycles. The SMILES string of the molecule is CCCC(C)(C)NC(=O)CSc1nnc(-c2ccccc2C)n1CC. The molecule has 25 heavy (non-hydrogen) atoms. The molecule has 6 heteroatoms. The van der Waals surface area contributed by atoms with Crippen molar-refractivity contribution in [1.82, 2.24) is 20.1 Å². The zero-order valence-corrected chi connectivity index (χ0v) is 16.6. The summed E-state index contributed by atoms with van der Waals surface area (Å²) >= 11 is 1.44. The highest BCUT2D eigenvalue weighted by Gasteiger charge is 2.20. The van der Waals surface area contributed by atoms with E-state index in [4.69, 9.17) is 0 Å². The Morgan fingerprint density at radius 1 is 1.24 bits per heavy atom. The van der Waals surface area contributed by atoms with Crippen LogP contribution in [0.15, 0.2) is 29.4 Å². The summed E-state index contributed by atoms with van der Waals surface area (Å²) in [6, 6.07) is 8.15. The quantitative estimate of drug-likeness (QED) is 0.721. The second-order valence-corrected chi connectivity index (χ2v) is 7.78. The van der Waals surface area contributed by atoms with E-state index in [1.54, 1.807) is 0 Å². The second-order valence-electron chi connectivity index (χ2n) is 6.84. The molecule has 0 radical (unpaired) electrons. The van der Waals surface area contributed by atoms with E-state index in [9.17, 15) is 4.79 Å². The van der Waals surface area contributed by atoms with Crippen molar-refractivity contribution >= 4 is 17.7 Å². The predicted octanol–water partition coefficient (Wildman–Crippen LogP) is 4.06. The minimum absolute atomic E-state index is 0.0338. The lowest BCUT2D eigenvalue weighted by Gasteiger charge is -2.25. The average Bonchev–Trinajstić information content (AvgIpc) is 2.95. The summed E-state index contributed by atoms with van der Waals surface area (Å²) in [6.45, 7) is 11.1. The molecular formula is C19H28N4OS. The number of hydrogen-bond acceptors (Lipinski definition) is 4. The molecule has 0 aliphatic carbocycles. The molecule has 1 aromatic carbocycles. The van der Waals surface area contributed by atoms with Gasteiger partial charge in [-0.05, 0) is 39.7 Å². The summed E-state index contributed by atoms with van der Waals surface area (Å²) in [5, 5.41) is 12.5. The molecule has 1 aromatic heterocycles. The first-order chi connectivity index (χ1) is 11.9. The van der Waals surface area contributed by atoms with E-state index in [0.29, 0.717) is 5.75 Å². The number of benzene rings is 1. The van der Waals surface area contributed by atoms with E-state index in [-0.39, 0.29) is 11.4 Å². The van der Waals surface area contributed by atoms with Crippen LogP contribution in [0.1, 0.15) is 46.1 Å². The lowest BCUT2D eigenvalue weighted by molar-refractivity contribution is -0.120. The van der Waals surface area contributed by atoms with Crippen molar-refractivity contribution in [3.05, 3.63) is 29.8 Å². The van der Waals surface area contributed by atoms with Crippen LogP contribution in [-0.2, 0) is 11.3 Å². The Hall–Kier alpha value is -1.82. The summed E-state index contributed by atoms with van der Waals surface area (Å²) in [7, 11) is 0. The number of aryl methyl sites for hydroxylation is 1. The first-order valence-corrected chi connectivity index (χ1v) is 9.79. The summed E-state index contributed by atoms with van der Waals surface area (Å²) < 4.78 is 2.07. The third kappa shape index (κ3) is 5.08. The van der Waals surface area contributed by atoms with Gasteiger partial charge in [0, 0.05) is 17.6 Å². The van der Waals surface area contributed by atoms with E-state index in [2.05, 4.69) is 66.8 Å². The van der Waals surface area contributed by atoms with Gasteiger partial charge in [0.1, 0.15) is 0 Å². The van der Waals surface area contributed by atoms with E-state index in [0.717, 1.165) is 35.9 Å². The normalized spacial score (nSPS) is 11.6. The van der Waals surface area contributed by atoms with Crippen LogP contribution in [0.5, 0.6) is 0 Å². The molecule has 0 spiro atoms. The number of hydrogen-bond donors (Lipinski definition) is 1. The van der Waals surface area contributed by atoms with Crippen LogP contribution in [0.3, 0.4) is 0 Å². The lowest BCUT2D eigenvalue weighted by Crippen LogP contribution is -2.44. The van der Waals surface area contributed by atoms with Gasteiger partial charge in [0.25, 0.3) is 0 Å². The molecule has 0 fully saturated rings. The van der Waals surface area contributed by atoms with Gasteiger partial charge in [0.2, 0.25) is 5.91 Å². The fourth-order valence-electron chi connectivity index (χ4n) is 2.93. The molecular weight excluding hydrogens is 332 g/mol. The highest BCUT2D eigenvalue weighted by atomic mass is 32.2. The Bertz CT molecular complexity index is 724. The van der Waals surface area contributed by atoms with Crippen molar-refractivity contribution in [2.24, 2.45) is 0 Å². The van der Waals surface area contributed by atoms with Gasteiger partial charge in [-0.25, -0.2) is 0 Å². The third-order valence-corrected chi connectivity index (χ3v) is 5.07. The molecule has 0 saturated carbocycles. The van der Waals surface area contributed by atoms with Gasteiger partial charge in [0.05, 0.1) is 5.75 Å². The summed E-state index contributed by atoms with van der Waals surface area (Å²) in [4.78, 5) is 12.2. The molecule has 0 atom stereocenters. The van der Waals surface area contributed by atoms with Crippen LogP contribution < -0.4 is 5.32 Å². The number of carbonyl (C=O) groups is 1. The summed E-state index contributed by atoms with van der Waals surface area (Å²) in [6.07, 6.45) is 2.01. The van der Waals surface area contributed by atoms with Crippen molar-refractivity contribution in [2.75, 3.05) is 5.75 Å². The van der Waals surface area contributed by atoms with Gasteiger partial charge in [-0.2, -0.15) is 0 Å². The minimum Gasteiger partial charge on any atom is -0.350 e. The molecule has 0 saturated heterocycles. The third-order valence-electron chi connectivity index (χ3n) is 4.10. The smallest absolute Gasteiger partial charge is 0.230 e. The Labute approximate surface area is 154 Å². The fraction of sp³-hybridized carbons (Fsp3) is 0.526. The van der Waals surface area contributed by atoms with E-state index in [1.165, 1.54) is 17.3 Å². The van der Waals surface area contributed by atoms with Crippen LogP contribution in [0, 0.1) is 6.92 Å². The van der Waals surface area contributed by atoms with Crippen LogP contribution in [-0.4, -0.2) is 32.0 Å². The largest absolute Gasteiger partial charge is 0.350 e. The Kier molecular flexibility index (Phi) is 6.64. The highest BCUT2D eigenvalue weighted by molar-refractivity contribution is 7.99. The maximum Gasteiger partial charge on any atom is 0.230 e. The van der Waals surface area contributed by atoms with Gasteiger partial charge in [-0.1, -0.05) is 49.4 Å². The van der Waals surface area contributed by atoms with Crippen molar-refractivity contribution in [1.29, 1.82) is 0 Å². The number of nitrogens with one attached hydrogen (secondary N) is 1. The number of amides is 1. The maximum absolute atomic E-state index is 12.2. The van der Waals surface area contributed by atoms with Crippen molar-refractivity contribution in [3.8, 4) is 11.4 Å². The molecule has 0 aliphatic rings. The zero-order valence-electron chi connectivity index (χ0n) is 15.8. The van der Waals surface area contributed by atoms with Gasteiger partial charge < -0.3 is 9.88 Å². The topological polar surface area (TPSA) is 59.8 Å². The Morgan fingerprint density at radius 2 is 1.96 bits per heavy atom. The summed E-state index contributed by atoms with van der Waals surface area (Å²) in [5.41, 5.74) is 2.08. The van der Waals surface area contributed by atoms with Crippen molar-refractivity contribution in [2.45, 2.75) is 64.7 Å². The van der Waals surface area contributed by atoms with Gasteiger partial charge in [-0.15, -0.1) is 10.2 Å². The second kappa shape index (κ2) is 8.52. The van der Waals surface area contributed by atoms with Gasteiger partial charge in [0.15, 0.2) is 11.0 Å². The monoisotopic (exact) mass is 360 g/mol. The zero-order chi connectivity index (χ0) is 18.4. The number of aromatic nitrogens is 3. The lowest BCUT2D eigenvalue weighted by atomic mass is 9.99. The maximum atomic E-state index is 12.2. The van der Waals surface area contributed by atoms with Crippen LogP contribution in [0.2, 0.25) is 0 Å². The Morgan fingerprint density at radius 3 is 2.60 bits per heavy atom. The molecule has 2 aromatic rings. The van der Waals surface area contributed by atoms with E-state index in [1.807, 2.05) is 12.1 Å². The Balaban J connectivity index is 2.09. The van der Waals surface area contributed by atoms with Crippen LogP contribution in [0.25, 0.3) is 11.4 Å². The van der Waals surface area contributed by atoms with E-state index >= 15 is 0 Å². The first-order valence-electron chi connectivity index (χ1n) is 8.81. The minimum atomic E-state index is -0.170. The van der Waals surface area contributed by atoms with Gasteiger partial charge >= 0.3 is 0 Å². The molecule has 0 bridgehead atoms. The van der Waals surface area contributed by atoms with Crippen LogP contribution in [0.4, 0.5) is 0 Å². The highest BCUT2D eigenvalue weighted by Crippen LogP contribution is 2.26. The molecule has 1 N–H and O–H groups in total. The predicted molar refractivity (Wildman–Crippen MR) is 104 cm³/mol. The molecule has 5 nitrogen and oxygen atoms in total. The molecule has 136 valence electrons. The molecule has 2 rings (SSSR count).